The van der Waals surface area contributed by atoms with Crippen molar-refractivity contribution in [3.05, 3.63) is 53.6 Å². The summed E-state index contributed by atoms with van der Waals surface area (Å²) < 4.78 is 16.8. The first kappa shape index (κ1) is 23.9. The SMILES string of the molecule is COc1cccc(CCOc2cc(C3CN(C(=O)CO)CC3(C)C(C)O)ccc2OC)c1. The summed E-state index contributed by atoms with van der Waals surface area (Å²) in [6.45, 7) is 4.45. The van der Waals surface area contributed by atoms with Gasteiger partial charge in [-0.05, 0) is 42.3 Å². The lowest BCUT2D eigenvalue weighted by molar-refractivity contribution is -0.133. The summed E-state index contributed by atoms with van der Waals surface area (Å²) in [6.07, 6.45) is 0.0709. The molecule has 1 saturated heterocycles. The highest BCUT2D eigenvalue weighted by Gasteiger charge is 2.48. The molecule has 0 spiro atoms. The van der Waals surface area contributed by atoms with Crippen molar-refractivity contribution >= 4 is 5.91 Å². The van der Waals surface area contributed by atoms with Crippen LogP contribution in [0, 0.1) is 5.41 Å². The molecule has 3 unspecified atom stereocenters. The molecular weight excluding hydrogens is 410 g/mol. The second-order valence-corrected chi connectivity index (χ2v) is 8.53. The van der Waals surface area contributed by atoms with Crippen molar-refractivity contribution in [1.29, 1.82) is 0 Å². The molecule has 1 aliphatic rings. The number of rotatable bonds is 9. The Morgan fingerprint density at radius 3 is 2.62 bits per heavy atom. The summed E-state index contributed by atoms with van der Waals surface area (Å²) in [4.78, 5) is 13.7. The molecular formula is C25H33NO6. The third kappa shape index (κ3) is 5.00. The van der Waals surface area contributed by atoms with Crippen LogP contribution in [0.3, 0.4) is 0 Å². The van der Waals surface area contributed by atoms with E-state index in [1.165, 1.54) is 0 Å². The first-order valence-corrected chi connectivity index (χ1v) is 10.8. The van der Waals surface area contributed by atoms with Crippen LogP contribution in [0.1, 0.15) is 30.9 Å². The molecule has 1 fully saturated rings. The molecule has 174 valence electrons. The van der Waals surface area contributed by atoms with E-state index in [1.54, 1.807) is 26.0 Å². The van der Waals surface area contributed by atoms with Crippen LogP contribution in [0.2, 0.25) is 0 Å². The third-order valence-corrected chi connectivity index (χ3v) is 6.55. The van der Waals surface area contributed by atoms with Crippen LogP contribution in [0.15, 0.2) is 42.5 Å². The van der Waals surface area contributed by atoms with E-state index in [0.29, 0.717) is 37.6 Å². The minimum atomic E-state index is -0.636. The molecule has 3 atom stereocenters. The van der Waals surface area contributed by atoms with Gasteiger partial charge in [0.1, 0.15) is 12.4 Å². The maximum Gasteiger partial charge on any atom is 0.248 e. The number of likely N-dealkylation sites (tertiary alicyclic amines) is 1. The second-order valence-electron chi connectivity index (χ2n) is 8.53. The standard InChI is InChI=1S/C25H33NO6/c1-17(28)25(2)16-26(24(29)15-27)14-21(25)19-8-9-22(31-4)23(13-19)32-11-10-18-6-5-7-20(12-18)30-3/h5-9,12-13,17,21,27-28H,10-11,14-16H2,1-4H3. The summed E-state index contributed by atoms with van der Waals surface area (Å²) in [7, 11) is 3.24. The number of aliphatic hydroxyl groups excluding tert-OH is 2. The average molecular weight is 444 g/mol. The summed E-state index contributed by atoms with van der Waals surface area (Å²) in [5.41, 5.74) is 1.52. The largest absolute Gasteiger partial charge is 0.497 e. The van der Waals surface area contributed by atoms with Crippen LogP contribution in [0.25, 0.3) is 0 Å². The number of carbonyl (C=O) groups is 1. The van der Waals surface area contributed by atoms with Gasteiger partial charge in [0.05, 0.1) is 26.9 Å². The van der Waals surface area contributed by atoms with E-state index >= 15 is 0 Å². The van der Waals surface area contributed by atoms with E-state index in [-0.39, 0.29) is 11.8 Å². The molecule has 2 aromatic carbocycles. The Bertz CT molecular complexity index is 930. The molecule has 0 aromatic heterocycles. The Hall–Kier alpha value is -2.77. The van der Waals surface area contributed by atoms with Crippen LogP contribution in [0.4, 0.5) is 0 Å². The van der Waals surface area contributed by atoms with Gasteiger partial charge in [-0.2, -0.15) is 0 Å². The highest BCUT2D eigenvalue weighted by Crippen LogP contribution is 2.46. The fourth-order valence-corrected chi connectivity index (χ4v) is 4.34. The maximum atomic E-state index is 12.1. The van der Waals surface area contributed by atoms with Crippen LogP contribution in [-0.4, -0.2) is 67.6 Å². The number of carbonyl (C=O) groups excluding carboxylic acids is 1. The zero-order valence-electron chi connectivity index (χ0n) is 19.2. The number of hydrogen-bond acceptors (Lipinski definition) is 6. The van der Waals surface area contributed by atoms with Gasteiger partial charge in [-0.15, -0.1) is 0 Å². The van der Waals surface area contributed by atoms with Crippen LogP contribution >= 0.6 is 0 Å². The van der Waals surface area contributed by atoms with Crippen molar-refractivity contribution in [1.82, 2.24) is 4.90 Å². The molecule has 7 nitrogen and oxygen atoms in total. The van der Waals surface area contributed by atoms with Gasteiger partial charge in [0.2, 0.25) is 5.91 Å². The van der Waals surface area contributed by atoms with E-state index in [1.807, 2.05) is 49.4 Å². The van der Waals surface area contributed by atoms with Crippen molar-refractivity contribution in [2.75, 3.05) is 40.5 Å². The molecule has 32 heavy (non-hydrogen) atoms. The smallest absolute Gasteiger partial charge is 0.248 e. The number of benzene rings is 2. The first-order valence-electron chi connectivity index (χ1n) is 10.8. The predicted octanol–water partition coefficient (Wildman–Crippen LogP) is 2.63. The molecule has 1 heterocycles. The number of ether oxygens (including phenoxy) is 3. The lowest BCUT2D eigenvalue weighted by Crippen LogP contribution is -2.38. The van der Waals surface area contributed by atoms with Gasteiger partial charge in [0.15, 0.2) is 11.5 Å². The number of methoxy groups -OCH3 is 2. The van der Waals surface area contributed by atoms with E-state index in [9.17, 15) is 15.0 Å². The lowest BCUT2D eigenvalue weighted by atomic mass is 9.72. The molecule has 2 N–H and O–H groups in total. The van der Waals surface area contributed by atoms with E-state index < -0.39 is 18.1 Å². The van der Waals surface area contributed by atoms with Crippen LogP contribution in [0.5, 0.6) is 17.2 Å². The highest BCUT2D eigenvalue weighted by atomic mass is 16.5. The van der Waals surface area contributed by atoms with Gasteiger partial charge in [-0.25, -0.2) is 0 Å². The zero-order chi connectivity index (χ0) is 23.3. The Labute approximate surface area is 189 Å². The first-order chi connectivity index (χ1) is 15.3. The molecule has 2 aromatic rings. The fourth-order valence-electron chi connectivity index (χ4n) is 4.34. The van der Waals surface area contributed by atoms with Crippen LogP contribution in [-0.2, 0) is 11.2 Å². The van der Waals surface area contributed by atoms with E-state index in [2.05, 4.69) is 0 Å². The Balaban J connectivity index is 1.80. The quantitative estimate of drug-likeness (QED) is 0.620. The molecule has 0 radical (unpaired) electrons. The topological polar surface area (TPSA) is 88.5 Å². The van der Waals surface area contributed by atoms with E-state index in [4.69, 9.17) is 14.2 Å². The van der Waals surface area contributed by atoms with Crippen molar-refractivity contribution in [2.45, 2.75) is 32.3 Å². The van der Waals surface area contributed by atoms with Gasteiger partial charge < -0.3 is 29.3 Å². The lowest BCUT2D eigenvalue weighted by Gasteiger charge is -2.33. The van der Waals surface area contributed by atoms with E-state index in [0.717, 1.165) is 16.9 Å². The molecule has 1 aliphatic heterocycles. The number of nitrogens with zero attached hydrogens (tertiary/aromatic N) is 1. The number of amides is 1. The number of aliphatic hydroxyl groups is 2. The van der Waals surface area contributed by atoms with Gasteiger partial charge in [0.25, 0.3) is 0 Å². The van der Waals surface area contributed by atoms with Gasteiger partial charge in [0, 0.05) is 30.8 Å². The van der Waals surface area contributed by atoms with Crippen molar-refractivity contribution in [3.63, 3.8) is 0 Å². The Morgan fingerprint density at radius 1 is 1.19 bits per heavy atom. The van der Waals surface area contributed by atoms with Crippen LogP contribution < -0.4 is 14.2 Å². The summed E-state index contributed by atoms with van der Waals surface area (Å²) in [5.74, 6) is 1.61. The monoisotopic (exact) mass is 443 g/mol. The molecule has 7 heteroatoms. The summed E-state index contributed by atoms with van der Waals surface area (Å²) in [6, 6.07) is 13.6. The Kier molecular flexibility index (Phi) is 7.64. The predicted molar refractivity (Wildman–Crippen MR) is 121 cm³/mol. The highest BCUT2D eigenvalue weighted by molar-refractivity contribution is 5.77. The van der Waals surface area contributed by atoms with Crippen molar-refractivity contribution in [3.8, 4) is 17.2 Å². The summed E-state index contributed by atoms with van der Waals surface area (Å²) >= 11 is 0. The third-order valence-electron chi connectivity index (χ3n) is 6.55. The maximum absolute atomic E-state index is 12.1. The molecule has 0 aliphatic carbocycles. The molecule has 3 rings (SSSR count). The minimum Gasteiger partial charge on any atom is -0.497 e. The second kappa shape index (κ2) is 10.2. The van der Waals surface area contributed by atoms with Gasteiger partial charge in [-0.1, -0.05) is 25.1 Å². The van der Waals surface area contributed by atoms with Gasteiger partial charge in [-0.3, -0.25) is 4.79 Å². The minimum absolute atomic E-state index is 0.107. The van der Waals surface area contributed by atoms with Crippen molar-refractivity contribution in [2.24, 2.45) is 5.41 Å². The van der Waals surface area contributed by atoms with Crippen molar-refractivity contribution < 1.29 is 29.2 Å². The zero-order valence-corrected chi connectivity index (χ0v) is 19.2. The normalized spacial score (nSPS) is 21.3. The molecule has 1 amide bonds. The Morgan fingerprint density at radius 2 is 1.97 bits per heavy atom. The van der Waals surface area contributed by atoms with Gasteiger partial charge >= 0.3 is 0 Å². The average Bonchev–Trinajstić information content (AvgIpc) is 3.17. The fraction of sp³-hybridized carbons (Fsp3) is 0.480. The molecule has 0 saturated carbocycles. The molecule has 0 bridgehead atoms. The summed E-state index contributed by atoms with van der Waals surface area (Å²) in [5, 5.41) is 19.8. The number of hydrogen-bond donors (Lipinski definition) is 2.